The summed E-state index contributed by atoms with van der Waals surface area (Å²) < 4.78 is 0. The van der Waals surface area contributed by atoms with Crippen LogP contribution in [0.4, 0.5) is 0 Å². The van der Waals surface area contributed by atoms with Gasteiger partial charge in [0, 0.05) is 17.0 Å². The highest BCUT2D eigenvalue weighted by molar-refractivity contribution is 14.0. The van der Waals surface area contributed by atoms with Crippen LogP contribution in [0.3, 0.4) is 0 Å². The average molecular weight is 512 g/mol. The molecule has 9 heteroatoms. The van der Waals surface area contributed by atoms with Crippen LogP contribution in [0.1, 0.15) is 24.3 Å². The zero-order chi connectivity index (χ0) is 19.1. The van der Waals surface area contributed by atoms with Crippen molar-refractivity contribution in [2.24, 2.45) is 4.99 Å². The Hall–Kier alpha value is -1.98. The summed E-state index contributed by atoms with van der Waals surface area (Å²) in [5.74, 6) is 1.40. The highest BCUT2D eigenvalue weighted by Crippen LogP contribution is 2.24. The number of aromatic nitrogens is 3. The van der Waals surface area contributed by atoms with Crippen molar-refractivity contribution in [2.45, 2.75) is 26.0 Å². The second-order valence-electron chi connectivity index (χ2n) is 6.33. The highest BCUT2D eigenvalue weighted by atomic mass is 127. The lowest BCUT2D eigenvalue weighted by Gasteiger charge is -2.23. The normalized spacial score (nSPS) is 13.5. The molecule has 0 aliphatic carbocycles. The maximum atomic E-state index is 10.7. The predicted molar refractivity (Wildman–Crippen MR) is 124 cm³/mol. The van der Waals surface area contributed by atoms with Crippen molar-refractivity contribution < 1.29 is 5.11 Å². The van der Waals surface area contributed by atoms with Gasteiger partial charge in [0.05, 0.1) is 13.1 Å². The monoisotopic (exact) mass is 512 g/mol. The molecular weight excluding hydrogens is 487 g/mol. The topological polar surface area (TPSA) is 98.2 Å². The number of halogens is 1. The van der Waals surface area contributed by atoms with Crippen molar-refractivity contribution in [3.8, 4) is 11.4 Å². The molecule has 4 N–H and O–H groups in total. The quantitative estimate of drug-likeness (QED) is 0.222. The van der Waals surface area contributed by atoms with Crippen LogP contribution in [-0.4, -0.2) is 39.3 Å². The van der Waals surface area contributed by atoms with E-state index in [1.165, 1.54) is 6.33 Å². The molecule has 0 fully saturated rings. The van der Waals surface area contributed by atoms with Gasteiger partial charge in [0.25, 0.3) is 0 Å². The second-order valence-corrected chi connectivity index (χ2v) is 7.28. The Kier molecular flexibility index (Phi) is 8.39. The van der Waals surface area contributed by atoms with Crippen LogP contribution in [-0.2, 0) is 12.1 Å². The van der Waals surface area contributed by atoms with Gasteiger partial charge < -0.3 is 15.7 Å². The molecule has 0 saturated carbocycles. The van der Waals surface area contributed by atoms with Crippen molar-refractivity contribution in [2.75, 3.05) is 13.1 Å². The van der Waals surface area contributed by atoms with Crippen LogP contribution in [0.25, 0.3) is 11.4 Å². The molecule has 1 atom stereocenters. The first-order valence-electron chi connectivity index (χ1n) is 8.81. The number of thiophene rings is 1. The van der Waals surface area contributed by atoms with Gasteiger partial charge in [-0.05, 0) is 36.9 Å². The Morgan fingerprint density at radius 2 is 2.14 bits per heavy atom. The first-order chi connectivity index (χ1) is 13.1. The smallest absolute Gasteiger partial charge is 0.191 e. The van der Waals surface area contributed by atoms with Crippen molar-refractivity contribution in [1.82, 2.24) is 25.8 Å². The third-order valence-electron chi connectivity index (χ3n) is 4.03. The van der Waals surface area contributed by atoms with Crippen LogP contribution >= 0.6 is 35.3 Å². The van der Waals surface area contributed by atoms with Crippen LogP contribution in [0.2, 0.25) is 0 Å². The second kappa shape index (κ2) is 10.5. The van der Waals surface area contributed by atoms with E-state index in [-0.39, 0.29) is 24.0 Å². The van der Waals surface area contributed by atoms with E-state index in [0.29, 0.717) is 19.0 Å². The summed E-state index contributed by atoms with van der Waals surface area (Å²) in [7, 11) is 0. The first kappa shape index (κ1) is 22.3. The van der Waals surface area contributed by atoms with Gasteiger partial charge in [-0.2, -0.15) is 5.10 Å². The fourth-order valence-electron chi connectivity index (χ4n) is 2.60. The summed E-state index contributed by atoms with van der Waals surface area (Å²) in [4.78, 5) is 9.73. The molecule has 7 nitrogen and oxygen atoms in total. The average Bonchev–Trinajstić information content (AvgIpc) is 3.38. The minimum Gasteiger partial charge on any atom is -0.383 e. The maximum Gasteiger partial charge on any atom is 0.191 e. The number of H-pyrrole nitrogens is 1. The van der Waals surface area contributed by atoms with E-state index in [2.05, 4.69) is 30.8 Å². The fraction of sp³-hybridized carbons (Fsp3) is 0.316. The molecular formula is C19H25IN6OS. The largest absolute Gasteiger partial charge is 0.383 e. The Labute approximate surface area is 185 Å². The standard InChI is InChI=1S/C19H24N6OS.HI/c1-3-20-18(22-12-19(2,26)16-8-5-9-27-16)21-11-14-6-4-7-15(10-14)17-23-13-24-25-17;/h4-10,13,26H,3,11-12H2,1-2H3,(H2,20,21,22)(H,23,24,25);1H. The number of aliphatic imine (C=N–C) groups is 1. The van der Waals surface area contributed by atoms with Gasteiger partial charge in [0.2, 0.25) is 0 Å². The number of rotatable bonds is 7. The molecule has 2 aromatic heterocycles. The van der Waals surface area contributed by atoms with Crippen molar-refractivity contribution >= 4 is 41.3 Å². The van der Waals surface area contributed by atoms with E-state index in [1.807, 2.05) is 48.7 Å². The number of guanidine groups is 1. The number of benzene rings is 1. The van der Waals surface area contributed by atoms with Gasteiger partial charge in [-0.15, -0.1) is 35.3 Å². The fourth-order valence-corrected chi connectivity index (χ4v) is 3.39. The van der Waals surface area contributed by atoms with E-state index in [9.17, 15) is 5.11 Å². The van der Waals surface area contributed by atoms with Crippen LogP contribution in [0.15, 0.2) is 53.1 Å². The predicted octanol–water partition coefficient (Wildman–Crippen LogP) is 3.11. The van der Waals surface area contributed by atoms with E-state index in [0.717, 1.165) is 28.4 Å². The van der Waals surface area contributed by atoms with Crippen LogP contribution < -0.4 is 10.6 Å². The lowest BCUT2D eigenvalue weighted by atomic mass is 10.1. The Morgan fingerprint density at radius 1 is 1.29 bits per heavy atom. The van der Waals surface area contributed by atoms with Gasteiger partial charge in [-0.3, -0.25) is 5.10 Å². The first-order valence-corrected chi connectivity index (χ1v) is 9.69. The number of nitrogens with zero attached hydrogens (tertiary/aromatic N) is 3. The van der Waals surface area contributed by atoms with Crippen molar-refractivity contribution in [1.29, 1.82) is 0 Å². The van der Waals surface area contributed by atoms with Gasteiger partial charge in [0.1, 0.15) is 11.9 Å². The molecule has 28 heavy (non-hydrogen) atoms. The SMILES string of the molecule is CCNC(=NCc1cccc(-c2ncn[nH]2)c1)NCC(C)(O)c1cccs1.I. The lowest BCUT2D eigenvalue weighted by Crippen LogP contribution is -2.44. The third kappa shape index (κ3) is 6.01. The number of nitrogens with one attached hydrogen (secondary N) is 3. The lowest BCUT2D eigenvalue weighted by molar-refractivity contribution is 0.0655. The van der Waals surface area contributed by atoms with Crippen molar-refractivity contribution in [3.63, 3.8) is 0 Å². The molecule has 1 aromatic carbocycles. The Balaban J connectivity index is 0.00000280. The Bertz CT molecular complexity index is 864. The zero-order valence-electron chi connectivity index (χ0n) is 15.8. The molecule has 150 valence electrons. The van der Waals surface area contributed by atoms with Gasteiger partial charge in [0.15, 0.2) is 11.8 Å². The van der Waals surface area contributed by atoms with E-state index < -0.39 is 5.60 Å². The summed E-state index contributed by atoms with van der Waals surface area (Å²) >= 11 is 1.54. The highest BCUT2D eigenvalue weighted by Gasteiger charge is 2.24. The number of hydrogen-bond acceptors (Lipinski definition) is 5. The minimum atomic E-state index is -0.948. The Morgan fingerprint density at radius 3 is 2.82 bits per heavy atom. The molecule has 0 aliphatic heterocycles. The van der Waals surface area contributed by atoms with E-state index in [1.54, 1.807) is 18.3 Å². The maximum absolute atomic E-state index is 10.7. The molecule has 0 spiro atoms. The summed E-state index contributed by atoms with van der Waals surface area (Å²) in [6.45, 7) is 5.44. The third-order valence-corrected chi connectivity index (χ3v) is 5.15. The molecule has 2 heterocycles. The molecule has 0 aliphatic rings. The molecule has 0 saturated heterocycles. The molecule has 3 rings (SSSR count). The molecule has 1 unspecified atom stereocenters. The number of hydrogen-bond donors (Lipinski definition) is 4. The summed E-state index contributed by atoms with van der Waals surface area (Å²) in [6.07, 6.45) is 1.49. The van der Waals surface area contributed by atoms with Crippen LogP contribution in [0.5, 0.6) is 0 Å². The van der Waals surface area contributed by atoms with Gasteiger partial charge in [-0.1, -0.05) is 24.3 Å². The van der Waals surface area contributed by atoms with E-state index >= 15 is 0 Å². The molecule has 3 aromatic rings. The zero-order valence-corrected chi connectivity index (χ0v) is 19.0. The summed E-state index contributed by atoms with van der Waals surface area (Å²) in [5, 5.41) is 25.8. The molecule has 0 bridgehead atoms. The summed E-state index contributed by atoms with van der Waals surface area (Å²) in [5.41, 5.74) is 1.08. The van der Waals surface area contributed by atoms with Gasteiger partial charge >= 0.3 is 0 Å². The summed E-state index contributed by atoms with van der Waals surface area (Å²) in [6, 6.07) is 11.9. The van der Waals surface area contributed by atoms with Crippen molar-refractivity contribution in [3.05, 3.63) is 58.5 Å². The van der Waals surface area contributed by atoms with Gasteiger partial charge in [-0.25, -0.2) is 9.98 Å². The van der Waals surface area contributed by atoms with Crippen LogP contribution in [0, 0.1) is 0 Å². The number of aromatic amines is 1. The molecule has 0 amide bonds. The molecule has 0 radical (unpaired) electrons. The minimum absolute atomic E-state index is 0. The number of aliphatic hydroxyl groups is 1. The van der Waals surface area contributed by atoms with E-state index in [4.69, 9.17) is 0 Å².